The monoisotopic (exact) mass is 322 g/mol. The van der Waals surface area contributed by atoms with E-state index in [2.05, 4.69) is 0 Å². The van der Waals surface area contributed by atoms with Gasteiger partial charge < -0.3 is 4.74 Å². The normalized spacial score (nSPS) is 11.9. The topological polar surface area (TPSA) is 43.4 Å². The first-order valence-corrected chi connectivity index (χ1v) is 7.81. The van der Waals surface area contributed by atoms with E-state index in [1.54, 1.807) is 12.1 Å². The van der Waals surface area contributed by atoms with Crippen LogP contribution in [0.2, 0.25) is 4.34 Å². The van der Waals surface area contributed by atoms with Crippen molar-refractivity contribution in [2.24, 2.45) is 0 Å². The van der Waals surface area contributed by atoms with Gasteiger partial charge in [-0.1, -0.05) is 48.9 Å². The maximum atomic E-state index is 12.1. The van der Waals surface area contributed by atoms with Gasteiger partial charge in [-0.3, -0.25) is 9.59 Å². The van der Waals surface area contributed by atoms with Crippen LogP contribution in [0.4, 0.5) is 0 Å². The molecule has 0 spiro atoms. The Labute approximate surface area is 132 Å². The molecule has 1 aromatic heterocycles. The van der Waals surface area contributed by atoms with Crippen molar-refractivity contribution in [2.75, 3.05) is 6.61 Å². The van der Waals surface area contributed by atoms with Gasteiger partial charge in [-0.2, -0.15) is 0 Å². The summed E-state index contributed by atoms with van der Waals surface area (Å²) in [6.07, 6.45) is 0.627. The number of hydrogen-bond acceptors (Lipinski definition) is 4. The second kappa shape index (κ2) is 7.38. The summed E-state index contributed by atoms with van der Waals surface area (Å²) in [5.74, 6) is -0.950. The minimum Gasteiger partial charge on any atom is -0.457 e. The Morgan fingerprint density at radius 2 is 1.90 bits per heavy atom. The third-order valence-electron chi connectivity index (χ3n) is 3.09. The molecule has 21 heavy (non-hydrogen) atoms. The zero-order valence-corrected chi connectivity index (χ0v) is 13.1. The highest BCUT2D eigenvalue weighted by atomic mass is 35.5. The lowest BCUT2D eigenvalue weighted by atomic mass is 9.97. The molecule has 5 heteroatoms. The first-order chi connectivity index (χ1) is 10.1. The van der Waals surface area contributed by atoms with Crippen molar-refractivity contribution in [3.05, 3.63) is 57.2 Å². The van der Waals surface area contributed by atoms with Gasteiger partial charge in [0.05, 0.1) is 15.1 Å². The number of halogens is 1. The highest BCUT2D eigenvalue weighted by Gasteiger charge is 2.21. The van der Waals surface area contributed by atoms with Gasteiger partial charge in [0.25, 0.3) is 0 Å². The van der Waals surface area contributed by atoms with Crippen molar-refractivity contribution in [2.45, 2.75) is 19.3 Å². The van der Waals surface area contributed by atoms with E-state index in [4.69, 9.17) is 16.3 Å². The summed E-state index contributed by atoms with van der Waals surface area (Å²) in [5.41, 5.74) is 0.900. The Morgan fingerprint density at radius 1 is 1.19 bits per heavy atom. The number of hydrogen-bond donors (Lipinski definition) is 0. The number of ketones is 1. The molecule has 0 bridgehead atoms. The summed E-state index contributed by atoms with van der Waals surface area (Å²) >= 11 is 6.96. The fraction of sp³-hybridized carbons (Fsp3) is 0.250. The largest absolute Gasteiger partial charge is 0.457 e. The second-order valence-electron chi connectivity index (χ2n) is 4.51. The maximum Gasteiger partial charge on any atom is 0.313 e. The molecule has 110 valence electrons. The number of carbonyl (C=O) groups excluding carboxylic acids is 2. The minimum atomic E-state index is -0.375. The Bertz CT molecular complexity index is 621. The summed E-state index contributed by atoms with van der Waals surface area (Å²) in [6, 6.07) is 12.7. The Kier molecular flexibility index (Phi) is 5.53. The fourth-order valence-corrected chi connectivity index (χ4v) is 2.96. The summed E-state index contributed by atoms with van der Waals surface area (Å²) in [5, 5.41) is 0. The average Bonchev–Trinajstić information content (AvgIpc) is 2.93. The molecule has 3 nitrogen and oxygen atoms in total. The molecule has 2 rings (SSSR count). The maximum absolute atomic E-state index is 12.1. The quantitative estimate of drug-likeness (QED) is 0.587. The average molecular weight is 323 g/mol. The van der Waals surface area contributed by atoms with E-state index in [0.29, 0.717) is 15.6 Å². The summed E-state index contributed by atoms with van der Waals surface area (Å²) in [6.45, 7) is 1.67. The van der Waals surface area contributed by atoms with E-state index in [9.17, 15) is 9.59 Å². The fourth-order valence-electron chi connectivity index (χ4n) is 2.00. The van der Waals surface area contributed by atoms with Crippen LogP contribution < -0.4 is 0 Å². The van der Waals surface area contributed by atoms with Gasteiger partial charge in [0.1, 0.15) is 0 Å². The predicted molar refractivity (Wildman–Crippen MR) is 84.1 cm³/mol. The third-order valence-corrected chi connectivity index (χ3v) is 4.36. The molecule has 0 N–H and O–H groups in total. The van der Waals surface area contributed by atoms with Crippen LogP contribution in [0, 0.1) is 0 Å². The molecule has 2 aromatic rings. The highest BCUT2D eigenvalue weighted by Crippen LogP contribution is 2.23. The number of carbonyl (C=O) groups is 2. The van der Waals surface area contributed by atoms with E-state index >= 15 is 0 Å². The van der Waals surface area contributed by atoms with Gasteiger partial charge in [-0.15, -0.1) is 11.3 Å². The lowest BCUT2D eigenvalue weighted by Gasteiger charge is -2.14. The lowest BCUT2D eigenvalue weighted by Crippen LogP contribution is -2.19. The number of esters is 1. The zero-order valence-electron chi connectivity index (χ0n) is 11.5. The van der Waals surface area contributed by atoms with Gasteiger partial charge in [0.15, 0.2) is 6.61 Å². The van der Waals surface area contributed by atoms with Crippen LogP contribution in [0.1, 0.15) is 34.5 Å². The molecule has 0 saturated heterocycles. The highest BCUT2D eigenvalue weighted by molar-refractivity contribution is 7.18. The van der Waals surface area contributed by atoms with Crippen molar-refractivity contribution in [1.29, 1.82) is 0 Å². The number of thiophene rings is 1. The van der Waals surface area contributed by atoms with Gasteiger partial charge in [0, 0.05) is 0 Å². The minimum absolute atomic E-state index is 0.233. The molecule has 1 heterocycles. The van der Waals surface area contributed by atoms with Crippen LogP contribution >= 0.6 is 22.9 Å². The number of ether oxygens (including phenoxy) is 1. The van der Waals surface area contributed by atoms with Crippen LogP contribution in [0.3, 0.4) is 0 Å². The molecule has 1 atom stereocenters. The van der Waals surface area contributed by atoms with Gasteiger partial charge in [-0.25, -0.2) is 0 Å². The Hall–Kier alpha value is -1.65. The van der Waals surface area contributed by atoms with Crippen LogP contribution in [0.5, 0.6) is 0 Å². The SMILES string of the molecule is CC[C@H](C(=O)OCC(=O)c1ccc(Cl)s1)c1ccccc1. The van der Waals surface area contributed by atoms with Crippen LogP contribution in [-0.2, 0) is 9.53 Å². The molecule has 0 fully saturated rings. The van der Waals surface area contributed by atoms with E-state index in [0.717, 1.165) is 5.56 Å². The van der Waals surface area contributed by atoms with E-state index in [1.807, 2.05) is 37.3 Å². The molecule has 0 saturated carbocycles. The van der Waals surface area contributed by atoms with Crippen molar-refractivity contribution >= 4 is 34.7 Å². The van der Waals surface area contributed by atoms with Crippen LogP contribution in [0.25, 0.3) is 0 Å². The first-order valence-electron chi connectivity index (χ1n) is 6.62. The van der Waals surface area contributed by atoms with Crippen molar-refractivity contribution in [1.82, 2.24) is 0 Å². The summed E-state index contributed by atoms with van der Waals surface area (Å²) in [7, 11) is 0. The molecule has 1 aromatic carbocycles. The third kappa shape index (κ3) is 4.16. The molecule has 0 aliphatic rings. The van der Waals surface area contributed by atoms with Crippen molar-refractivity contribution in [3.8, 4) is 0 Å². The summed E-state index contributed by atoms with van der Waals surface area (Å²) < 4.78 is 5.69. The number of Topliss-reactive ketones (excluding diaryl/α,β-unsaturated/α-hetero) is 1. The zero-order chi connectivity index (χ0) is 15.2. The molecule has 0 unspecified atom stereocenters. The van der Waals surface area contributed by atoms with Crippen molar-refractivity contribution in [3.63, 3.8) is 0 Å². The molecule has 0 aliphatic heterocycles. The first kappa shape index (κ1) is 15.7. The molecular formula is C16H15ClO3S. The Morgan fingerprint density at radius 3 is 2.48 bits per heavy atom. The Balaban J connectivity index is 1.96. The number of benzene rings is 1. The smallest absolute Gasteiger partial charge is 0.313 e. The molecule has 0 aliphatic carbocycles. The number of rotatable bonds is 6. The molecular weight excluding hydrogens is 308 g/mol. The predicted octanol–water partition coefficient (Wildman–Crippen LogP) is 4.32. The van der Waals surface area contributed by atoms with Crippen molar-refractivity contribution < 1.29 is 14.3 Å². The summed E-state index contributed by atoms with van der Waals surface area (Å²) in [4.78, 5) is 24.5. The molecule has 0 radical (unpaired) electrons. The van der Waals surface area contributed by atoms with E-state index in [-0.39, 0.29) is 24.3 Å². The van der Waals surface area contributed by atoms with E-state index < -0.39 is 0 Å². The van der Waals surface area contributed by atoms with Gasteiger partial charge in [0.2, 0.25) is 5.78 Å². The van der Waals surface area contributed by atoms with Crippen LogP contribution in [-0.4, -0.2) is 18.4 Å². The van der Waals surface area contributed by atoms with Crippen LogP contribution in [0.15, 0.2) is 42.5 Å². The second-order valence-corrected chi connectivity index (χ2v) is 6.22. The van der Waals surface area contributed by atoms with Gasteiger partial charge >= 0.3 is 5.97 Å². The van der Waals surface area contributed by atoms with Gasteiger partial charge in [-0.05, 0) is 24.1 Å². The standard InChI is InChI=1S/C16H15ClO3S/c1-2-12(11-6-4-3-5-7-11)16(19)20-10-13(18)14-8-9-15(17)21-14/h3-9,12H,2,10H2,1H3/t12-/m0/s1. The lowest BCUT2D eigenvalue weighted by molar-refractivity contribution is -0.144. The van der Waals surface area contributed by atoms with E-state index in [1.165, 1.54) is 11.3 Å². The molecule has 0 amide bonds.